The van der Waals surface area contributed by atoms with Crippen molar-refractivity contribution in [2.75, 3.05) is 26.9 Å². The third-order valence-electron chi connectivity index (χ3n) is 13.0. The van der Waals surface area contributed by atoms with Crippen LogP contribution >= 0.6 is 0 Å². The number of aliphatic hydroxyl groups excluding tert-OH is 2. The highest BCUT2D eigenvalue weighted by Crippen LogP contribution is 2.62. The summed E-state index contributed by atoms with van der Waals surface area (Å²) >= 11 is 0. The van der Waals surface area contributed by atoms with Gasteiger partial charge in [0.1, 0.15) is 36.2 Å². The number of amides is 1. The lowest BCUT2D eigenvalue weighted by atomic mass is 9.55. The second-order valence-corrected chi connectivity index (χ2v) is 16.8. The van der Waals surface area contributed by atoms with Gasteiger partial charge in [0.05, 0.1) is 29.9 Å². The molecule has 330 valence electrons. The van der Waals surface area contributed by atoms with Gasteiger partial charge >= 0.3 is 0 Å². The van der Waals surface area contributed by atoms with Gasteiger partial charge in [-0.1, -0.05) is 72.6 Å². The Kier molecular flexibility index (Phi) is 13.9. The van der Waals surface area contributed by atoms with E-state index in [1.165, 1.54) is 19.2 Å². The first-order valence-corrected chi connectivity index (χ1v) is 22.1. The van der Waals surface area contributed by atoms with Gasteiger partial charge in [0.2, 0.25) is 5.79 Å². The number of aliphatic hydroxyl groups is 2. The van der Waals surface area contributed by atoms with E-state index < -0.39 is 23.6 Å². The standard InChI is InChI=1S/C53H54FN3O7/c1-3-28-62-53-49(57(34-36-16-21-41(54)22-17-36)52(60)38-18-14-35(33-55)15-19-38)32-47(56-61-2)45-30-40(12-6-8-26-58)44(13-7-9-27-59)50(51(45)53)46-31-43(24-25-48(46)64-53)63-42-23-20-37-10-4-5-11-39(37)29-42/h3-5,10-11,14-25,29-31,40,44,49-51,58-59H,1,6-9,12-13,26-28,32,34H2,2H3/t40-,44+,49-,50+,51+,53+/m0/s1. The van der Waals surface area contributed by atoms with Crippen LogP contribution < -0.4 is 9.47 Å². The topological polar surface area (TPSA) is 134 Å². The highest BCUT2D eigenvalue weighted by atomic mass is 19.1. The molecule has 10 nitrogen and oxygen atoms in total. The van der Waals surface area contributed by atoms with Crippen LogP contribution in [0, 0.1) is 34.9 Å². The SMILES string of the molecule is C=CCO[C@@]12Oc3ccc(Oc4ccc5ccccc5c4)cc3[C@H]3[C@H](CCCCO)[C@@H](CCCCO)C=C(C(=NOC)C[C@@H]1N(Cc1ccc(F)cc1)C(=O)c1ccc(C#N)cc1)[C@H]32. The molecule has 0 radical (unpaired) electrons. The van der Waals surface area contributed by atoms with Gasteiger partial charge in [0.25, 0.3) is 5.91 Å². The predicted molar refractivity (Wildman–Crippen MR) is 243 cm³/mol. The molecule has 64 heavy (non-hydrogen) atoms. The zero-order valence-corrected chi connectivity index (χ0v) is 36.1. The lowest BCUT2D eigenvalue weighted by Gasteiger charge is -2.60. The fourth-order valence-corrected chi connectivity index (χ4v) is 10.2. The van der Waals surface area contributed by atoms with Crippen molar-refractivity contribution >= 4 is 22.4 Å². The molecule has 11 heteroatoms. The molecule has 0 saturated heterocycles. The lowest BCUT2D eigenvalue weighted by Crippen LogP contribution is -2.70. The summed E-state index contributed by atoms with van der Waals surface area (Å²) in [6.07, 6.45) is 8.58. The Morgan fingerprint density at radius 2 is 1.66 bits per heavy atom. The van der Waals surface area contributed by atoms with Gasteiger partial charge in [0.15, 0.2) is 0 Å². The van der Waals surface area contributed by atoms with E-state index in [2.05, 4.69) is 36.9 Å². The average molecular weight is 864 g/mol. The first kappa shape index (κ1) is 44.3. The molecule has 0 bridgehead atoms. The molecule has 5 aromatic carbocycles. The number of carbonyl (C=O) groups excluding carboxylic acids is 1. The van der Waals surface area contributed by atoms with Crippen molar-refractivity contribution in [3.05, 3.63) is 162 Å². The monoisotopic (exact) mass is 863 g/mol. The third kappa shape index (κ3) is 9.04. The van der Waals surface area contributed by atoms with Crippen LogP contribution in [-0.2, 0) is 16.1 Å². The quantitative estimate of drug-likeness (QED) is 0.0505. The van der Waals surface area contributed by atoms with Crippen molar-refractivity contribution < 1.29 is 38.4 Å². The van der Waals surface area contributed by atoms with Crippen LogP contribution in [0.15, 0.2) is 139 Å². The van der Waals surface area contributed by atoms with Gasteiger partial charge in [-0.15, -0.1) is 6.58 Å². The number of hydrogen-bond donors (Lipinski definition) is 2. The number of rotatable bonds is 18. The average Bonchev–Trinajstić information content (AvgIpc) is 3.32. The number of nitriles is 1. The summed E-state index contributed by atoms with van der Waals surface area (Å²) in [6, 6.07) is 33.9. The van der Waals surface area contributed by atoms with Gasteiger partial charge in [0, 0.05) is 43.2 Å². The Labute approximate surface area is 373 Å². The highest BCUT2D eigenvalue weighted by Gasteiger charge is 2.65. The minimum Gasteiger partial charge on any atom is -0.459 e. The number of benzene rings is 5. The zero-order chi connectivity index (χ0) is 44.6. The Bertz CT molecular complexity index is 2550. The summed E-state index contributed by atoms with van der Waals surface area (Å²) in [5, 5.41) is 36.4. The Morgan fingerprint density at radius 1 is 0.938 bits per heavy atom. The summed E-state index contributed by atoms with van der Waals surface area (Å²) < 4.78 is 35.5. The van der Waals surface area contributed by atoms with Gasteiger partial charge in [-0.3, -0.25) is 4.79 Å². The largest absolute Gasteiger partial charge is 0.459 e. The molecule has 0 spiro atoms. The van der Waals surface area contributed by atoms with Crippen LogP contribution in [-0.4, -0.2) is 65.5 Å². The molecule has 0 unspecified atom stereocenters. The number of nitrogens with zero attached hydrogens (tertiary/aromatic N) is 3. The molecule has 2 N–H and O–H groups in total. The summed E-state index contributed by atoms with van der Waals surface area (Å²) in [6.45, 7) is 4.34. The molecule has 6 atom stereocenters. The van der Waals surface area contributed by atoms with Gasteiger partial charge < -0.3 is 34.2 Å². The van der Waals surface area contributed by atoms with Gasteiger partial charge in [-0.25, -0.2) is 4.39 Å². The second-order valence-electron chi connectivity index (χ2n) is 16.8. The van der Waals surface area contributed by atoms with Crippen LogP contribution in [0.3, 0.4) is 0 Å². The molecule has 1 heterocycles. The second kappa shape index (κ2) is 20.0. The normalized spacial score (nSPS) is 22.6. The van der Waals surface area contributed by atoms with E-state index in [9.17, 15) is 19.9 Å². The lowest BCUT2D eigenvalue weighted by molar-refractivity contribution is -0.255. The number of unbranched alkanes of at least 4 members (excludes halogenated alkanes) is 2. The number of halogens is 1. The minimum absolute atomic E-state index is 0.00610. The van der Waals surface area contributed by atoms with Crippen molar-refractivity contribution in [1.82, 2.24) is 4.90 Å². The third-order valence-corrected chi connectivity index (χ3v) is 13.0. The highest BCUT2D eigenvalue weighted by molar-refractivity contribution is 6.03. The smallest absolute Gasteiger partial charge is 0.254 e. The Balaban J connectivity index is 1.34. The van der Waals surface area contributed by atoms with Crippen LogP contribution in [0.5, 0.6) is 17.2 Å². The van der Waals surface area contributed by atoms with E-state index in [4.69, 9.17) is 24.2 Å². The molecular weight excluding hydrogens is 810 g/mol. The van der Waals surface area contributed by atoms with E-state index >= 15 is 4.79 Å². The van der Waals surface area contributed by atoms with Crippen LogP contribution in [0.2, 0.25) is 0 Å². The van der Waals surface area contributed by atoms with E-state index in [1.54, 1.807) is 47.4 Å². The molecule has 3 aliphatic rings. The zero-order valence-electron chi connectivity index (χ0n) is 36.1. The Hall–Kier alpha value is -6.32. The van der Waals surface area contributed by atoms with E-state index in [-0.39, 0.29) is 56.4 Å². The number of hydrogen-bond acceptors (Lipinski definition) is 9. The van der Waals surface area contributed by atoms with Crippen molar-refractivity contribution in [3.63, 3.8) is 0 Å². The first-order chi connectivity index (χ1) is 31.3. The Morgan fingerprint density at radius 3 is 2.38 bits per heavy atom. The van der Waals surface area contributed by atoms with Gasteiger partial charge in [-0.05, 0) is 126 Å². The van der Waals surface area contributed by atoms with Crippen molar-refractivity contribution in [1.29, 1.82) is 5.26 Å². The van der Waals surface area contributed by atoms with Crippen LogP contribution in [0.4, 0.5) is 4.39 Å². The fraction of sp³-hybridized carbons (Fsp3) is 0.340. The number of ether oxygens (including phenoxy) is 3. The summed E-state index contributed by atoms with van der Waals surface area (Å²) in [4.78, 5) is 22.5. The summed E-state index contributed by atoms with van der Waals surface area (Å²) in [5.41, 5.74) is 3.92. The fourth-order valence-electron chi connectivity index (χ4n) is 10.2. The predicted octanol–water partition coefficient (Wildman–Crippen LogP) is 10.2. The molecule has 2 aliphatic carbocycles. The van der Waals surface area contributed by atoms with Crippen LogP contribution in [0.25, 0.3) is 10.8 Å². The molecule has 1 saturated carbocycles. The number of carbonyl (C=O) groups is 1. The molecule has 8 rings (SSSR count). The first-order valence-electron chi connectivity index (χ1n) is 22.1. The maximum Gasteiger partial charge on any atom is 0.254 e. The van der Waals surface area contributed by atoms with E-state index in [1.807, 2.05) is 42.5 Å². The summed E-state index contributed by atoms with van der Waals surface area (Å²) in [5.74, 6) is -1.11. The van der Waals surface area contributed by atoms with Crippen molar-refractivity contribution in [2.24, 2.45) is 22.9 Å². The van der Waals surface area contributed by atoms with Crippen LogP contribution in [0.1, 0.15) is 77.9 Å². The van der Waals surface area contributed by atoms with E-state index in [0.29, 0.717) is 52.5 Å². The molecule has 1 fully saturated rings. The number of fused-ring (bicyclic) bond motifs is 3. The number of allylic oxidation sites excluding steroid dienone is 1. The number of oxime groups is 1. The molecule has 1 aliphatic heterocycles. The van der Waals surface area contributed by atoms with Gasteiger partial charge in [-0.2, -0.15) is 5.26 Å². The summed E-state index contributed by atoms with van der Waals surface area (Å²) in [7, 11) is 1.51. The van der Waals surface area contributed by atoms with Crippen molar-refractivity contribution in [3.8, 4) is 23.3 Å². The maximum atomic E-state index is 15.2. The minimum atomic E-state index is -1.52. The molecule has 5 aromatic rings. The van der Waals surface area contributed by atoms with Crippen molar-refractivity contribution in [2.45, 2.75) is 69.2 Å². The molecular formula is C53H54FN3O7. The maximum absolute atomic E-state index is 15.2. The molecule has 1 amide bonds. The van der Waals surface area contributed by atoms with E-state index in [0.717, 1.165) is 47.6 Å². The molecule has 0 aromatic heterocycles.